The van der Waals surface area contributed by atoms with Crippen molar-refractivity contribution in [2.45, 2.75) is 57.9 Å². The zero-order valence-corrected chi connectivity index (χ0v) is 32.0. The van der Waals surface area contributed by atoms with Crippen molar-refractivity contribution in [3.05, 3.63) is 89.9 Å². The largest absolute Gasteiger partial charge is 0.387 e. The number of aliphatic hydroxyl groups excluding tert-OH is 1. The van der Waals surface area contributed by atoms with Gasteiger partial charge in [0.1, 0.15) is 24.1 Å². The molecule has 0 bridgehead atoms. The standard InChI is InChI=1S/C40H46F2N6O6S/c1-40(2,3)37(38-44-31(29-18-28(41)12-13-30(29)42)23-45(38)21-26-10-6-5-7-11-26)48(36(53)24-49)22-27(20-43-4)25-55-32-19-35(52)47(39(32)54)17-9-8-16-46-33(50)14-15-34(46)51/h5-7,10-15,18,23,27,32,37,49H,4,8-9,16-17,19-22,24-25H2,1-3H3/t27?,32?,37-/m0/s1. The number of amides is 5. The summed E-state index contributed by atoms with van der Waals surface area (Å²) in [6, 6.07) is 11.9. The number of aliphatic imine (C=N–C) groups is 1. The van der Waals surface area contributed by atoms with E-state index in [1.165, 1.54) is 33.7 Å². The summed E-state index contributed by atoms with van der Waals surface area (Å²) in [5, 5.41) is 9.61. The molecule has 5 rings (SSSR count). The Labute approximate surface area is 323 Å². The number of unbranched alkanes of at least 4 members (excludes halogenated alkanes) is 1. The van der Waals surface area contributed by atoms with E-state index in [0.717, 1.165) is 28.7 Å². The Morgan fingerprint density at radius 3 is 2.35 bits per heavy atom. The van der Waals surface area contributed by atoms with Gasteiger partial charge >= 0.3 is 0 Å². The van der Waals surface area contributed by atoms with Gasteiger partial charge in [0.2, 0.25) is 17.7 Å². The van der Waals surface area contributed by atoms with E-state index in [1.54, 1.807) is 6.20 Å². The highest BCUT2D eigenvalue weighted by atomic mass is 32.2. The van der Waals surface area contributed by atoms with Gasteiger partial charge in [0.25, 0.3) is 11.8 Å². The number of aromatic nitrogens is 2. The quantitative estimate of drug-likeness (QED) is 0.112. The van der Waals surface area contributed by atoms with Gasteiger partial charge in [-0.05, 0) is 48.7 Å². The monoisotopic (exact) mass is 776 g/mol. The molecule has 0 spiro atoms. The summed E-state index contributed by atoms with van der Waals surface area (Å²) in [5.41, 5.74) is 0.355. The molecule has 2 aliphatic heterocycles. The third-order valence-corrected chi connectivity index (χ3v) is 11.0. The van der Waals surface area contributed by atoms with E-state index in [1.807, 2.05) is 55.7 Å². The second-order valence-corrected chi connectivity index (χ2v) is 16.0. The van der Waals surface area contributed by atoms with E-state index in [4.69, 9.17) is 4.98 Å². The summed E-state index contributed by atoms with van der Waals surface area (Å²) >= 11 is 1.29. The number of nitrogens with zero attached hydrogens (tertiary/aromatic N) is 6. The van der Waals surface area contributed by atoms with E-state index in [2.05, 4.69) is 11.7 Å². The van der Waals surface area contributed by atoms with Gasteiger partial charge in [-0.25, -0.2) is 13.8 Å². The molecule has 3 atom stereocenters. The first-order chi connectivity index (χ1) is 26.2. The van der Waals surface area contributed by atoms with E-state index in [-0.39, 0.29) is 73.4 Å². The number of imide groups is 2. The number of aliphatic hydroxyl groups is 1. The molecule has 3 aromatic rings. The molecular weight excluding hydrogens is 731 g/mol. The van der Waals surface area contributed by atoms with Crippen LogP contribution in [0.25, 0.3) is 11.3 Å². The second-order valence-electron chi connectivity index (χ2n) is 14.7. The van der Waals surface area contributed by atoms with Crippen LogP contribution in [0.3, 0.4) is 0 Å². The minimum Gasteiger partial charge on any atom is -0.387 e. The molecule has 0 saturated carbocycles. The minimum atomic E-state index is -0.806. The molecule has 1 aromatic heterocycles. The van der Waals surface area contributed by atoms with Gasteiger partial charge in [-0.15, -0.1) is 11.8 Å². The molecule has 1 fully saturated rings. The highest BCUT2D eigenvalue weighted by Crippen LogP contribution is 2.40. The first-order valence-electron chi connectivity index (χ1n) is 18.1. The van der Waals surface area contributed by atoms with Crippen molar-refractivity contribution in [3.63, 3.8) is 0 Å². The molecule has 55 heavy (non-hydrogen) atoms. The van der Waals surface area contributed by atoms with Gasteiger partial charge in [0, 0.05) is 74.7 Å². The number of hydrogen-bond donors (Lipinski definition) is 1. The Kier molecular flexibility index (Phi) is 13.5. The fourth-order valence-electron chi connectivity index (χ4n) is 6.90. The summed E-state index contributed by atoms with van der Waals surface area (Å²) in [4.78, 5) is 76.4. The topological polar surface area (TPSA) is 145 Å². The predicted octanol–water partition coefficient (Wildman–Crippen LogP) is 4.67. The van der Waals surface area contributed by atoms with Gasteiger partial charge in [0.05, 0.1) is 17.0 Å². The Bertz CT molecular complexity index is 1930. The van der Waals surface area contributed by atoms with E-state index < -0.39 is 40.9 Å². The number of likely N-dealkylation sites (tertiary alicyclic amines) is 1. The normalized spacial score (nSPS) is 17.0. The van der Waals surface area contributed by atoms with Crippen molar-refractivity contribution in [3.8, 4) is 11.3 Å². The first kappa shape index (κ1) is 41.1. The van der Waals surface area contributed by atoms with Gasteiger partial charge in [0.15, 0.2) is 0 Å². The molecule has 12 nitrogen and oxygen atoms in total. The molecule has 1 saturated heterocycles. The molecule has 1 N–H and O–H groups in total. The Hall–Kier alpha value is -5.02. The summed E-state index contributed by atoms with van der Waals surface area (Å²) in [5.74, 6) is -2.91. The maximum Gasteiger partial charge on any atom is 0.253 e. The van der Waals surface area contributed by atoms with Crippen molar-refractivity contribution in [2.75, 3.05) is 38.5 Å². The van der Waals surface area contributed by atoms with Crippen LogP contribution in [0.2, 0.25) is 0 Å². The number of halogens is 2. The van der Waals surface area contributed by atoms with Crippen LogP contribution in [0, 0.1) is 23.0 Å². The number of thioether (sulfide) groups is 1. The lowest BCUT2D eigenvalue weighted by Crippen LogP contribution is -2.46. The van der Waals surface area contributed by atoms with Gasteiger partial charge in [-0.1, -0.05) is 51.1 Å². The highest BCUT2D eigenvalue weighted by Gasteiger charge is 2.41. The molecule has 15 heteroatoms. The van der Waals surface area contributed by atoms with Crippen LogP contribution in [-0.4, -0.2) is 109 Å². The van der Waals surface area contributed by atoms with Crippen LogP contribution < -0.4 is 0 Å². The molecule has 3 heterocycles. The molecule has 2 unspecified atom stereocenters. The SMILES string of the molecule is C=NCC(CSC1CC(=O)N(CCCCN2C(=O)C=CC2=O)C1=O)CN(C(=O)CO)[C@@H](c1nc(-c2cc(F)ccc2F)cn1Cc1ccccc1)C(C)(C)C. The van der Waals surface area contributed by atoms with Crippen molar-refractivity contribution in [1.29, 1.82) is 0 Å². The van der Waals surface area contributed by atoms with Crippen molar-refractivity contribution in [1.82, 2.24) is 24.3 Å². The van der Waals surface area contributed by atoms with Crippen LogP contribution >= 0.6 is 11.8 Å². The van der Waals surface area contributed by atoms with Crippen molar-refractivity contribution in [2.24, 2.45) is 16.3 Å². The van der Waals surface area contributed by atoms with E-state index in [9.17, 15) is 33.5 Å². The summed E-state index contributed by atoms with van der Waals surface area (Å²) in [7, 11) is 0. The van der Waals surface area contributed by atoms with Crippen molar-refractivity contribution >= 4 is 48.0 Å². The maximum absolute atomic E-state index is 15.1. The molecular formula is C40H46F2N6O6S. The molecule has 0 radical (unpaired) electrons. The maximum atomic E-state index is 15.1. The fourth-order valence-corrected chi connectivity index (χ4v) is 8.15. The van der Waals surface area contributed by atoms with Gasteiger partial charge < -0.3 is 19.6 Å². The Balaban J connectivity index is 1.36. The minimum absolute atomic E-state index is 0.00495. The summed E-state index contributed by atoms with van der Waals surface area (Å²) in [6.07, 6.45) is 4.93. The van der Waals surface area contributed by atoms with Crippen molar-refractivity contribution < 1.29 is 37.9 Å². The lowest BCUT2D eigenvalue weighted by molar-refractivity contribution is -0.140. The number of imidazole rings is 1. The zero-order chi connectivity index (χ0) is 39.9. The van der Waals surface area contributed by atoms with Crippen LogP contribution in [0.4, 0.5) is 8.78 Å². The molecule has 0 aliphatic carbocycles. The molecule has 2 aliphatic rings. The summed E-state index contributed by atoms with van der Waals surface area (Å²) in [6.45, 7) is 9.58. The summed E-state index contributed by atoms with van der Waals surface area (Å²) < 4.78 is 31.3. The number of benzene rings is 2. The van der Waals surface area contributed by atoms with E-state index in [0.29, 0.717) is 31.0 Å². The van der Waals surface area contributed by atoms with Crippen LogP contribution in [0.1, 0.15) is 57.5 Å². The van der Waals surface area contributed by atoms with Gasteiger partial charge in [-0.3, -0.25) is 33.8 Å². The average molecular weight is 777 g/mol. The van der Waals surface area contributed by atoms with Crippen LogP contribution in [-0.2, 0) is 30.5 Å². The fraction of sp³-hybridized carbons (Fsp3) is 0.425. The van der Waals surface area contributed by atoms with Gasteiger partial charge in [-0.2, -0.15) is 0 Å². The van der Waals surface area contributed by atoms with E-state index >= 15 is 4.39 Å². The third kappa shape index (κ3) is 10.00. The number of carbonyl (C=O) groups is 5. The zero-order valence-electron chi connectivity index (χ0n) is 31.2. The number of carbonyl (C=O) groups excluding carboxylic acids is 5. The second kappa shape index (κ2) is 18.1. The molecule has 5 amide bonds. The predicted molar refractivity (Wildman–Crippen MR) is 205 cm³/mol. The Morgan fingerprint density at radius 1 is 1.04 bits per heavy atom. The van der Waals surface area contributed by atoms with Crippen LogP contribution in [0.15, 0.2) is 71.9 Å². The molecule has 292 valence electrons. The average Bonchev–Trinajstić information content (AvgIpc) is 3.78. The number of hydrogen-bond acceptors (Lipinski definition) is 9. The third-order valence-electron chi connectivity index (χ3n) is 9.53. The highest BCUT2D eigenvalue weighted by molar-refractivity contribution is 8.00. The first-order valence-corrected chi connectivity index (χ1v) is 19.1. The number of rotatable bonds is 18. The smallest absolute Gasteiger partial charge is 0.253 e. The lowest BCUT2D eigenvalue weighted by atomic mass is 9.84. The van der Waals surface area contributed by atoms with Crippen LogP contribution in [0.5, 0.6) is 0 Å². The lowest BCUT2D eigenvalue weighted by Gasteiger charge is -2.41. The molecule has 2 aromatic carbocycles. The Morgan fingerprint density at radius 2 is 1.71 bits per heavy atom.